The number of rotatable bonds is 3. The number of nitrogens with zero attached hydrogens (tertiary/aromatic N) is 1. The van der Waals surface area contributed by atoms with Crippen molar-refractivity contribution in [3.8, 4) is 0 Å². The van der Waals surface area contributed by atoms with Gasteiger partial charge < -0.3 is 15.7 Å². The molecule has 0 aromatic heterocycles. The lowest BCUT2D eigenvalue weighted by molar-refractivity contribution is -0.134. The van der Waals surface area contributed by atoms with Crippen molar-refractivity contribution >= 4 is 5.91 Å². The summed E-state index contributed by atoms with van der Waals surface area (Å²) in [5.41, 5.74) is 5.69. The molecule has 0 bridgehead atoms. The second kappa shape index (κ2) is 4.75. The van der Waals surface area contributed by atoms with E-state index in [0.29, 0.717) is 12.3 Å². The maximum Gasteiger partial charge on any atom is 0.239 e. The van der Waals surface area contributed by atoms with Gasteiger partial charge in [0, 0.05) is 6.54 Å². The van der Waals surface area contributed by atoms with Crippen molar-refractivity contribution in [1.29, 1.82) is 0 Å². The molecule has 2 unspecified atom stereocenters. The summed E-state index contributed by atoms with van der Waals surface area (Å²) in [6, 6.07) is -0.436. The third kappa shape index (κ3) is 2.07. The number of aliphatic hydroxyl groups is 1. The van der Waals surface area contributed by atoms with Crippen LogP contribution in [0.1, 0.15) is 26.7 Å². The lowest BCUT2D eigenvalue weighted by atomic mass is 10.0. The number of likely N-dealkylation sites (tertiary alicyclic amines) is 1. The van der Waals surface area contributed by atoms with Gasteiger partial charge in [-0.1, -0.05) is 13.8 Å². The molecule has 1 aliphatic rings. The molecule has 0 spiro atoms. The van der Waals surface area contributed by atoms with Crippen LogP contribution in [0.4, 0.5) is 0 Å². The maximum absolute atomic E-state index is 11.8. The first-order chi connectivity index (χ1) is 6.61. The predicted molar refractivity (Wildman–Crippen MR) is 54.6 cm³/mol. The monoisotopic (exact) mass is 200 g/mol. The summed E-state index contributed by atoms with van der Waals surface area (Å²) in [6.07, 6.45) is 1.62. The summed E-state index contributed by atoms with van der Waals surface area (Å²) in [4.78, 5) is 13.5. The minimum Gasteiger partial charge on any atom is -0.394 e. The van der Waals surface area contributed by atoms with Crippen molar-refractivity contribution in [2.45, 2.75) is 38.8 Å². The zero-order chi connectivity index (χ0) is 10.7. The molecule has 0 radical (unpaired) electrons. The highest BCUT2D eigenvalue weighted by molar-refractivity contribution is 5.82. The summed E-state index contributed by atoms with van der Waals surface area (Å²) < 4.78 is 0. The minimum absolute atomic E-state index is 0.0177. The Morgan fingerprint density at radius 3 is 2.86 bits per heavy atom. The van der Waals surface area contributed by atoms with E-state index >= 15 is 0 Å². The van der Waals surface area contributed by atoms with Gasteiger partial charge in [-0.05, 0) is 18.8 Å². The van der Waals surface area contributed by atoms with E-state index in [9.17, 15) is 9.90 Å². The molecule has 1 fully saturated rings. The molecule has 0 aliphatic carbocycles. The zero-order valence-electron chi connectivity index (χ0n) is 8.94. The molecule has 1 saturated heterocycles. The van der Waals surface area contributed by atoms with E-state index in [1.54, 1.807) is 4.90 Å². The molecule has 1 aliphatic heterocycles. The zero-order valence-corrected chi connectivity index (χ0v) is 8.94. The fraction of sp³-hybridized carbons (Fsp3) is 0.900. The Hall–Kier alpha value is -0.610. The largest absolute Gasteiger partial charge is 0.394 e. The van der Waals surface area contributed by atoms with Gasteiger partial charge in [0.1, 0.15) is 0 Å². The quantitative estimate of drug-likeness (QED) is 0.671. The van der Waals surface area contributed by atoms with Gasteiger partial charge in [0.05, 0.1) is 18.7 Å². The molecule has 3 N–H and O–H groups in total. The lowest BCUT2D eigenvalue weighted by Gasteiger charge is -2.27. The summed E-state index contributed by atoms with van der Waals surface area (Å²) in [6.45, 7) is 4.74. The van der Waals surface area contributed by atoms with Gasteiger partial charge in [0.25, 0.3) is 0 Å². The van der Waals surface area contributed by atoms with E-state index in [-0.39, 0.29) is 18.6 Å². The number of nitrogens with two attached hydrogens (primary N) is 1. The van der Waals surface area contributed by atoms with Crippen molar-refractivity contribution < 1.29 is 9.90 Å². The smallest absolute Gasteiger partial charge is 0.239 e. The highest BCUT2D eigenvalue weighted by atomic mass is 16.3. The summed E-state index contributed by atoms with van der Waals surface area (Å²) >= 11 is 0. The van der Waals surface area contributed by atoms with Gasteiger partial charge in [-0.15, -0.1) is 0 Å². The Morgan fingerprint density at radius 2 is 2.36 bits per heavy atom. The van der Waals surface area contributed by atoms with E-state index in [1.807, 2.05) is 6.92 Å². The van der Waals surface area contributed by atoms with Crippen LogP contribution in [0, 0.1) is 5.92 Å². The molecular formula is C10H20N2O2. The first-order valence-electron chi connectivity index (χ1n) is 5.28. The van der Waals surface area contributed by atoms with Crippen LogP contribution in [-0.4, -0.2) is 41.1 Å². The van der Waals surface area contributed by atoms with Crippen molar-refractivity contribution in [2.24, 2.45) is 11.7 Å². The van der Waals surface area contributed by atoms with Crippen LogP contribution in [0.5, 0.6) is 0 Å². The first kappa shape index (κ1) is 11.5. The van der Waals surface area contributed by atoms with Crippen molar-refractivity contribution in [1.82, 2.24) is 4.90 Å². The van der Waals surface area contributed by atoms with E-state index in [4.69, 9.17) is 5.73 Å². The third-order valence-electron chi connectivity index (χ3n) is 3.11. The molecule has 0 saturated carbocycles. The molecule has 82 valence electrons. The summed E-state index contributed by atoms with van der Waals surface area (Å²) in [5, 5.41) is 9.18. The third-order valence-corrected chi connectivity index (χ3v) is 3.11. The van der Waals surface area contributed by atoms with Crippen molar-refractivity contribution in [3.05, 3.63) is 0 Å². The standard InChI is InChI=1S/C10H20N2O2/c1-3-8(11)10(14)12-5-4-7(2)9(12)6-13/h7-9,13H,3-6,11H2,1-2H3/t7?,8-,9?/m0/s1. The first-order valence-corrected chi connectivity index (χ1v) is 5.28. The van der Waals surface area contributed by atoms with Crippen LogP contribution in [0.25, 0.3) is 0 Å². The molecule has 3 atom stereocenters. The van der Waals surface area contributed by atoms with Crippen LogP contribution in [-0.2, 0) is 4.79 Å². The SMILES string of the molecule is CC[C@H](N)C(=O)N1CCC(C)C1CO. The average molecular weight is 200 g/mol. The number of carbonyl (C=O) groups is 1. The van der Waals surface area contributed by atoms with E-state index in [2.05, 4.69) is 6.92 Å². The van der Waals surface area contributed by atoms with Crippen LogP contribution < -0.4 is 5.73 Å². The molecule has 14 heavy (non-hydrogen) atoms. The van der Waals surface area contributed by atoms with Crippen molar-refractivity contribution in [3.63, 3.8) is 0 Å². The average Bonchev–Trinajstić information content (AvgIpc) is 2.57. The van der Waals surface area contributed by atoms with Crippen LogP contribution in [0.2, 0.25) is 0 Å². The van der Waals surface area contributed by atoms with Gasteiger partial charge in [0.2, 0.25) is 5.91 Å². The molecule has 1 heterocycles. The number of aliphatic hydroxyl groups excluding tert-OH is 1. The Bertz CT molecular complexity index is 208. The second-order valence-corrected chi connectivity index (χ2v) is 4.06. The normalized spacial score (nSPS) is 29.3. The van der Waals surface area contributed by atoms with Gasteiger partial charge in [-0.25, -0.2) is 0 Å². The lowest BCUT2D eigenvalue weighted by Crippen LogP contribution is -2.47. The second-order valence-electron chi connectivity index (χ2n) is 4.06. The fourth-order valence-electron chi connectivity index (χ4n) is 1.95. The molecule has 0 aromatic carbocycles. The predicted octanol–water partition coefficient (Wildman–Crippen LogP) is -0.0470. The molecule has 0 aromatic rings. The number of carbonyl (C=O) groups excluding carboxylic acids is 1. The summed E-state index contributed by atoms with van der Waals surface area (Å²) in [5.74, 6) is 0.365. The highest BCUT2D eigenvalue weighted by Gasteiger charge is 2.35. The van der Waals surface area contributed by atoms with Crippen molar-refractivity contribution in [2.75, 3.05) is 13.2 Å². The minimum atomic E-state index is -0.408. The molecule has 1 rings (SSSR count). The Morgan fingerprint density at radius 1 is 1.71 bits per heavy atom. The number of hydrogen-bond donors (Lipinski definition) is 2. The van der Waals surface area contributed by atoms with Crippen LogP contribution >= 0.6 is 0 Å². The number of hydrogen-bond acceptors (Lipinski definition) is 3. The van der Waals surface area contributed by atoms with E-state index < -0.39 is 6.04 Å². The van der Waals surface area contributed by atoms with Crippen LogP contribution in [0.3, 0.4) is 0 Å². The van der Waals surface area contributed by atoms with E-state index in [1.165, 1.54) is 0 Å². The Labute approximate surface area is 85.1 Å². The van der Waals surface area contributed by atoms with Gasteiger partial charge in [0.15, 0.2) is 0 Å². The topological polar surface area (TPSA) is 66.6 Å². The fourth-order valence-corrected chi connectivity index (χ4v) is 1.95. The van der Waals surface area contributed by atoms with E-state index in [0.717, 1.165) is 13.0 Å². The Balaban J connectivity index is 2.64. The van der Waals surface area contributed by atoms with Gasteiger partial charge >= 0.3 is 0 Å². The van der Waals surface area contributed by atoms with Gasteiger partial charge in [-0.2, -0.15) is 0 Å². The maximum atomic E-state index is 11.8. The van der Waals surface area contributed by atoms with Gasteiger partial charge in [-0.3, -0.25) is 4.79 Å². The molecule has 1 amide bonds. The summed E-state index contributed by atoms with van der Waals surface area (Å²) in [7, 11) is 0. The number of amides is 1. The molecular weight excluding hydrogens is 180 g/mol. The Kier molecular flexibility index (Phi) is 3.89. The van der Waals surface area contributed by atoms with Crippen LogP contribution in [0.15, 0.2) is 0 Å². The highest BCUT2D eigenvalue weighted by Crippen LogP contribution is 2.24. The molecule has 4 nitrogen and oxygen atoms in total. The molecule has 4 heteroatoms.